The quantitative estimate of drug-likeness (QED) is 0.935. The maximum atomic E-state index is 13.0. The predicted molar refractivity (Wildman–Crippen MR) is 95.8 cm³/mol. The summed E-state index contributed by atoms with van der Waals surface area (Å²) in [5.41, 5.74) is 0.473. The van der Waals surface area contributed by atoms with Gasteiger partial charge in [-0.2, -0.15) is 0 Å². The summed E-state index contributed by atoms with van der Waals surface area (Å²) >= 11 is 0. The van der Waals surface area contributed by atoms with Crippen LogP contribution in [0.15, 0.2) is 42.5 Å². The maximum Gasteiger partial charge on any atom is 0.226 e. The van der Waals surface area contributed by atoms with Crippen LogP contribution < -0.4 is 0 Å². The summed E-state index contributed by atoms with van der Waals surface area (Å²) in [6.45, 7) is 4.42. The Labute approximate surface area is 143 Å². The molecule has 3 unspecified atom stereocenters. The topological polar surface area (TPSA) is 40.5 Å². The van der Waals surface area contributed by atoms with Crippen LogP contribution in [-0.4, -0.2) is 34.1 Å². The van der Waals surface area contributed by atoms with Gasteiger partial charge in [-0.05, 0) is 55.4 Å². The smallest absolute Gasteiger partial charge is 0.226 e. The lowest BCUT2D eigenvalue weighted by Crippen LogP contribution is -2.48. The fourth-order valence-corrected chi connectivity index (χ4v) is 4.36. The van der Waals surface area contributed by atoms with Crippen molar-refractivity contribution in [3.63, 3.8) is 0 Å². The van der Waals surface area contributed by atoms with E-state index in [-0.39, 0.29) is 17.9 Å². The van der Waals surface area contributed by atoms with Gasteiger partial charge in [0.2, 0.25) is 5.91 Å². The van der Waals surface area contributed by atoms with E-state index in [1.54, 1.807) is 0 Å². The minimum atomic E-state index is -0.823. The molecule has 1 saturated carbocycles. The lowest BCUT2D eigenvalue weighted by Gasteiger charge is -2.34. The molecule has 3 atom stereocenters. The van der Waals surface area contributed by atoms with E-state index in [0.29, 0.717) is 5.92 Å². The number of amides is 1. The van der Waals surface area contributed by atoms with Gasteiger partial charge < -0.3 is 10.0 Å². The summed E-state index contributed by atoms with van der Waals surface area (Å²) in [5, 5.41) is 12.9. The van der Waals surface area contributed by atoms with Crippen molar-refractivity contribution < 1.29 is 9.90 Å². The number of carbonyl (C=O) groups is 1. The number of fused-ring (bicyclic) bond motifs is 1. The summed E-state index contributed by atoms with van der Waals surface area (Å²) in [5.74, 6) is 0.642. The first-order valence-corrected chi connectivity index (χ1v) is 8.97. The molecule has 126 valence electrons. The van der Waals surface area contributed by atoms with Gasteiger partial charge in [0.05, 0.1) is 11.6 Å². The van der Waals surface area contributed by atoms with Crippen LogP contribution in [0.2, 0.25) is 0 Å². The predicted octanol–water partition coefficient (Wildman–Crippen LogP) is 3.71. The van der Waals surface area contributed by atoms with E-state index < -0.39 is 5.60 Å². The molecular formula is C21H25NO2. The summed E-state index contributed by atoms with van der Waals surface area (Å²) < 4.78 is 0. The van der Waals surface area contributed by atoms with E-state index in [0.717, 1.165) is 25.8 Å². The summed E-state index contributed by atoms with van der Waals surface area (Å²) in [4.78, 5) is 14.9. The summed E-state index contributed by atoms with van der Waals surface area (Å²) in [6, 6.07) is 14.7. The van der Waals surface area contributed by atoms with Gasteiger partial charge in [0.15, 0.2) is 0 Å². The third-order valence-electron chi connectivity index (χ3n) is 5.68. The Morgan fingerprint density at radius 2 is 1.92 bits per heavy atom. The lowest BCUT2D eigenvalue weighted by atomic mass is 9.96. The Bertz CT molecular complexity index is 771. The van der Waals surface area contributed by atoms with Crippen LogP contribution in [0.5, 0.6) is 0 Å². The van der Waals surface area contributed by atoms with Crippen molar-refractivity contribution in [3.05, 3.63) is 48.0 Å². The second kappa shape index (κ2) is 5.59. The number of hydrogen-bond donors (Lipinski definition) is 1. The Hall–Kier alpha value is -1.87. The van der Waals surface area contributed by atoms with E-state index in [2.05, 4.69) is 42.5 Å². The van der Waals surface area contributed by atoms with Crippen molar-refractivity contribution in [3.8, 4) is 0 Å². The van der Waals surface area contributed by atoms with Gasteiger partial charge in [0.25, 0.3) is 0 Å². The zero-order valence-corrected chi connectivity index (χ0v) is 14.4. The van der Waals surface area contributed by atoms with Gasteiger partial charge in [0.1, 0.15) is 0 Å². The Morgan fingerprint density at radius 1 is 1.17 bits per heavy atom. The van der Waals surface area contributed by atoms with Crippen LogP contribution in [-0.2, 0) is 4.79 Å². The fraction of sp³-hybridized carbons (Fsp3) is 0.476. The normalized spacial score (nSPS) is 26.8. The Morgan fingerprint density at radius 3 is 2.71 bits per heavy atom. The molecule has 1 heterocycles. The van der Waals surface area contributed by atoms with Crippen molar-refractivity contribution in [1.82, 2.24) is 4.90 Å². The van der Waals surface area contributed by atoms with Gasteiger partial charge in [-0.1, -0.05) is 42.5 Å². The molecule has 4 rings (SSSR count). The van der Waals surface area contributed by atoms with Gasteiger partial charge >= 0.3 is 0 Å². The molecule has 1 aliphatic carbocycles. The first-order chi connectivity index (χ1) is 11.5. The number of rotatable bonds is 3. The molecule has 3 heteroatoms. The highest BCUT2D eigenvalue weighted by Crippen LogP contribution is 2.51. The number of carbonyl (C=O) groups excluding carboxylic acids is 1. The van der Waals surface area contributed by atoms with Crippen molar-refractivity contribution in [2.45, 2.75) is 50.7 Å². The first-order valence-electron chi connectivity index (χ1n) is 8.97. The number of benzene rings is 2. The fourth-order valence-electron chi connectivity index (χ4n) is 4.36. The van der Waals surface area contributed by atoms with Gasteiger partial charge in [-0.3, -0.25) is 4.79 Å². The molecule has 1 amide bonds. The molecule has 2 aromatic rings. The molecule has 1 saturated heterocycles. The minimum Gasteiger partial charge on any atom is -0.388 e. The maximum absolute atomic E-state index is 13.0. The highest BCUT2D eigenvalue weighted by molar-refractivity contribution is 5.89. The molecule has 3 nitrogen and oxygen atoms in total. The average molecular weight is 323 g/mol. The van der Waals surface area contributed by atoms with Crippen LogP contribution in [0.4, 0.5) is 0 Å². The SMILES string of the molecule is CC(C)(O)C1CCCN1C(=O)C1CC1c1cccc2ccccc12. The number of hydrogen-bond acceptors (Lipinski definition) is 2. The molecule has 2 aromatic carbocycles. The zero-order valence-electron chi connectivity index (χ0n) is 14.4. The monoisotopic (exact) mass is 323 g/mol. The number of likely N-dealkylation sites (tertiary alicyclic amines) is 1. The molecular weight excluding hydrogens is 298 g/mol. The molecule has 1 N–H and O–H groups in total. The molecule has 1 aliphatic heterocycles. The van der Waals surface area contributed by atoms with Crippen LogP contribution in [0.3, 0.4) is 0 Å². The Kier molecular flexibility index (Phi) is 3.65. The van der Waals surface area contributed by atoms with Gasteiger partial charge in [-0.15, -0.1) is 0 Å². The molecule has 0 spiro atoms. The van der Waals surface area contributed by atoms with Gasteiger partial charge in [0, 0.05) is 12.5 Å². The summed E-state index contributed by atoms with van der Waals surface area (Å²) in [7, 11) is 0. The van der Waals surface area contributed by atoms with E-state index in [1.807, 2.05) is 18.7 Å². The minimum absolute atomic E-state index is 0.0428. The molecule has 0 bridgehead atoms. The average Bonchev–Trinajstić information content (AvgIpc) is 3.18. The van der Waals surface area contributed by atoms with Crippen molar-refractivity contribution in [1.29, 1.82) is 0 Å². The standard InChI is InChI=1S/C21H25NO2/c1-21(2,24)19-11-6-12-22(19)20(23)18-13-17(18)16-10-5-8-14-7-3-4-9-15(14)16/h3-5,7-10,17-19,24H,6,11-13H2,1-2H3. The van der Waals surface area contributed by atoms with Crippen LogP contribution in [0.1, 0.15) is 44.6 Å². The molecule has 2 aliphatic rings. The Balaban J connectivity index is 1.57. The van der Waals surface area contributed by atoms with Crippen molar-refractivity contribution >= 4 is 16.7 Å². The van der Waals surface area contributed by atoms with E-state index in [4.69, 9.17) is 0 Å². The molecule has 0 aromatic heterocycles. The molecule has 2 fully saturated rings. The lowest BCUT2D eigenvalue weighted by molar-refractivity contribution is -0.138. The molecule has 24 heavy (non-hydrogen) atoms. The highest BCUT2D eigenvalue weighted by Gasteiger charge is 2.49. The molecule has 0 radical (unpaired) electrons. The summed E-state index contributed by atoms with van der Waals surface area (Å²) in [6.07, 6.45) is 2.83. The number of nitrogens with zero attached hydrogens (tertiary/aromatic N) is 1. The van der Waals surface area contributed by atoms with Crippen molar-refractivity contribution in [2.24, 2.45) is 5.92 Å². The van der Waals surface area contributed by atoms with E-state index >= 15 is 0 Å². The second-order valence-corrected chi connectivity index (χ2v) is 7.86. The van der Waals surface area contributed by atoms with Crippen molar-refractivity contribution in [2.75, 3.05) is 6.54 Å². The van der Waals surface area contributed by atoms with Crippen LogP contribution in [0.25, 0.3) is 10.8 Å². The first kappa shape index (κ1) is 15.6. The largest absolute Gasteiger partial charge is 0.388 e. The second-order valence-electron chi connectivity index (χ2n) is 7.86. The van der Waals surface area contributed by atoms with E-state index in [9.17, 15) is 9.90 Å². The zero-order chi connectivity index (χ0) is 16.9. The van der Waals surface area contributed by atoms with Crippen LogP contribution >= 0.6 is 0 Å². The van der Waals surface area contributed by atoms with Gasteiger partial charge in [-0.25, -0.2) is 0 Å². The highest BCUT2D eigenvalue weighted by atomic mass is 16.3. The van der Waals surface area contributed by atoms with E-state index in [1.165, 1.54) is 16.3 Å². The third-order valence-corrected chi connectivity index (χ3v) is 5.68. The van der Waals surface area contributed by atoms with Crippen LogP contribution in [0, 0.1) is 5.92 Å². The third kappa shape index (κ3) is 2.61. The number of aliphatic hydroxyl groups is 1.